The highest BCUT2D eigenvalue weighted by Gasteiger charge is 2.19. The minimum atomic E-state index is 0.0861. The molecule has 2 aromatic carbocycles. The van der Waals surface area contributed by atoms with Crippen LogP contribution in [0.3, 0.4) is 0 Å². The van der Waals surface area contributed by atoms with Crippen molar-refractivity contribution < 1.29 is 19.1 Å². The molecule has 3 aromatic rings. The summed E-state index contributed by atoms with van der Waals surface area (Å²) in [5, 5.41) is 13.7. The molecule has 0 saturated heterocycles. The van der Waals surface area contributed by atoms with Crippen molar-refractivity contribution in [1.29, 1.82) is 0 Å². The van der Waals surface area contributed by atoms with Gasteiger partial charge < -0.3 is 19.1 Å². The molecule has 4 rings (SSSR count). The van der Waals surface area contributed by atoms with Gasteiger partial charge in [0.25, 0.3) is 0 Å². The lowest BCUT2D eigenvalue weighted by atomic mass is 10.1. The number of phenolic OH excluding ortho intramolecular Hbond substituents is 1. The fraction of sp³-hybridized carbons (Fsp3) is 0.263. The number of hydrogen-bond donors (Lipinski definition) is 1. The molecule has 1 aliphatic heterocycles. The number of ether oxygens (including phenoxy) is 2. The summed E-state index contributed by atoms with van der Waals surface area (Å²) < 4.78 is 16.1. The van der Waals surface area contributed by atoms with E-state index in [1.165, 1.54) is 0 Å². The maximum atomic E-state index is 9.65. The number of aromatic nitrogens is 2. The zero-order valence-corrected chi connectivity index (χ0v) is 14.5. The lowest BCUT2D eigenvalue weighted by Gasteiger charge is -2.23. The van der Waals surface area contributed by atoms with Gasteiger partial charge in [0.1, 0.15) is 5.75 Å². The van der Waals surface area contributed by atoms with Crippen LogP contribution in [-0.4, -0.2) is 34.0 Å². The van der Waals surface area contributed by atoms with Crippen molar-refractivity contribution >= 4 is 0 Å². The predicted octanol–water partition coefficient (Wildman–Crippen LogP) is 3.36. The van der Waals surface area contributed by atoms with Crippen molar-refractivity contribution in [2.24, 2.45) is 0 Å². The summed E-state index contributed by atoms with van der Waals surface area (Å²) in [5.41, 5.74) is 1.83. The predicted molar refractivity (Wildman–Crippen MR) is 93.8 cm³/mol. The second kappa shape index (κ2) is 6.68. The van der Waals surface area contributed by atoms with E-state index >= 15 is 0 Å². The lowest BCUT2D eigenvalue weighted by molar-refractivity contribution is 0.174. The molecule has 134 valence electrons. The SMILES string of the molecule is CC(c1cccc(O)c1)N(C)Cc1nc(-c2ccc3c(c2)OCO3)no1. The molecule has 7 nitrogen and oxygen atoms in total. The average molecular weight is 353 g/mol. The molecule has 0 amide bonds. The Bertz CT molecular complexity index is 925. The van der Waals surface area contributed by atoms with E-state index in [2.05, 4.69) is 22.0 Å². The third-order valence-electron chi connectivity index (χ3n) is 4.50. The molecule has 0 fully saturated rings. The van der Waals surface area contributed by atoms with E-state index in [1.807, 2.05) is 37.4 Å². The molecular weight excluding hydrogens is 334 g/mol. The van der Waals surface area contributed by atoms with Gasteiger partial charge in [0.05, 0.1) is 6.54 Å². The van der Waals surface area contributed by atoms with E-state index in [9.17, 15) is 5.11 Å². The molecule has 0 spiro atoms. The van der Waals surface area contributed by atoms with Gasteiger partial charge in [-0.2, -0.15) is 4.98 Å². The second-order valence-electron chi connectivity index (χ2n) is 6.27. The number of phenols is 1. The highest BCUT2D eigenvalue weighted by Crippen LogP contribution is 2.35. The normalized spacial score (nSPS) is 14.0. The van der Waals surface area contributed by atoms with Crippen molar-refractivity contribution in [1.82, 2.24) is 15.0 Å². The zero-order valence-electron chi connectivity index (χ0n) is 14.5. The average Bonchev–Trinajstić information content (AvgIpc) is 3.29. The Morgan fingerprint density at radius 2 is 2.00 bits per heavy atom. The smallest absolute Gasteiger partial charge is 0.241 e. The van der Waals surface area contributed by atoms with E-state index < -0.39 is 0 Å². The van der Waals surface area contributed by atoms with Gasteiger partial charge >= 0.3 is 0 Å². The second-order valence-corrected chi connectivity index (χ2v) is 6.27. The van der Waals surface area contributed by atoms with E-state index in [-0.39, 0.29) is 18.6 Å². The highest BCUT2D eigenvalue weighted by molar-refractivity contribution is 5.61. The largest absolute Gasteiger partial charge is 0.508 e. The summed E-state index contributed by atoms with van der Waals surface area (Å²) in [7, 11) is 1.97. The van der Waals surface area contributed by atoms with Gasteiger partial charge in [-0.1, -0.05) is 17.3 Å². The van der Waals surface area contributed by atoms with Gasteiger partial charge in [0.15, 0.2) is 11.5 Å². The molecule has 1 aromatic heterocycles. The Hall–Kier alpha value is -3.06. The van der Waals surface area contributed by atoms with Crippen LogP contribution in [0.1, 0.15) is 24.4 Å². The fourth-order valence-corrected chi connectivity index (χ4v) is 2.86. The quantitative estimate of drug-likeness (QED) is 0.753. The van der Waals surface area contributed by atoms with Crippen LogP contribution in [0.4, 0.5) is 0 Å². The van der Waals surface area contributed by atoms with Crippen LogP contribution < -0.4 is 9.47 Å². The first-order chi connectivity index (χ1) is 12.6. The molecular formula is C19H19N3O4. The van der Waals surface area contributed by atoms with Crippen molar-refractivity contribution in [2.75, 3.05) is 13.8 Å². The number of rotatable bonds is 5. The third kappa shape index (κ3) is 3.21. The number of benzene rings is 2. The number of nitrogens with zero attached hydrogens (tertiary/aromatic N) is 3. The summed E-state index contributed by atoms with van der Waals surface area (Å²) in [5.74, 6) is 2.69. The molecule has 0 saturated carbocycles. The van der Waals surface area contributed by atoms with Crippen molar-refractivity contribution in [3.63, 3.8) is 0 Å². The van der Waals surface area contributed by atoms with Crippen molar-refractivity contribution in [3.8, 4) is 28.6 Å². The van der Waals surface area contributed by atoms with Crippen molar-refractivity contribution in [3.05, 3.63) is 53.9 Å². The maximum absolute atomic E-state index is 9.65. The van der Waals surface area contributed by atoms with E-state index in [1.54, 1.807) is 12.1 Å². The van der Waals surface area contributed by atoms with Crippen LogP contribution in [0.15, 0.2) is 47.0 Å². The van der Waals surface area contributed by atoms with E-state index in [0.717, 1.165) is 16.9 Å². The topological polar surface area (TPSA) is 80.9 Å². The molecule has 7 heteroatoms. The van der Waals surface area contributed by atoms with E-state index in [0.29, 0.717) is 24.0 Å². The lowest BCUT2D eigenvalue weighted by Crippen LogP contribution is -2.22. The molecule has 0 radical (unpaired) electrons. The first kappa shape index (κ1) is 16.4. The Balaban J connectivity index is 1.48. The Kier molecular flexibility index (Phi) is 4.22. The number of aromatic hydroxyl groups is 1. The summed E-state index contributed by atoms with van der Waals surface area (Å²) in [6.07, 6.45) is 0. The van der Waals surface area contributed by atoms with Crippen molar-refractivity contribution in [2.45, 2.75) is 19.5 Å². The van der Waals surface area contributed by atoms with Crippen LogP contribution in [0.5, 0.6) is 17.2 Å². The third-order valence-corrected chi connectivity index (χ3v) is 4.50. The first-order valence-corrected chi connectivity index (χ1v) is 8.32. The highest BCUT2D eigenvalue weighted by atomic mass is 16.7. The molecule has 1 unspecified atom stereocenters. The summed E-state index contributed by atoms with van der Waals surface area (Å²) >= 11 is 0. The van der Waals surface area contributed by atoms with Crippen LogP contribution in [0.25, 0.3) is 11.4 Å². The van der Waals surface area contributed by atoms with Crippen LogP contribution in [-0.2, 0) is 6.54 Å². The summed E-state index contributed by atoms with van der Waals surface area (Å²) in [6, 6.07) is 12.9. The van der Waals surface area contributed by atoms with Gasteiger partial charge in [0, 0.05) is 11.6 Å². The van der Waals surface area contributed by atoms with Crippen LogP contribution >= 0.6 is 0 Å². The van der Waals surface area contributed by atoms with E-state index in [4.69, 9.17) is 14.0 Å². The Labute approximate surface area is 150 Å². The standard InChI is InChI=1S/C19H19N3O4/c1-12(13-4-3-5-15(23)8-13)22(2)10-18-20-19(21-26-18)14-6-7-16-17(9-14)25-11-24-16/h3-9,12,23H,10-11H2,1-2H3. The number of fused-ring (bicyclic) bond motifs is 1. The molecule has 1 aliphatic rings. The number of hydrogen-bond acceptors (Lipinski definition) is 7. The van der Waals surface area contributed by atoms with Gasteiger partial charge in [-0.3, -0.25) is 4.90 Å². The summed E-state index contributed by atoms with van der Waals surface area (Å²) in [6.45, 7) is 2.78. The minimum Gasteiger partial charge on any atom is -0.508 e. The fourth-order valence-electron chi connectivity index (χ4n) is 2.86. The molecule has 26 heavy (non-hydrogen) atoms. The molecule has 0 aliphatic carbocycles. The summed E-state index contributed by atoms with van der Waals surface area (Å²) in [4.78, 5) is 6.55. The monoisotopic (exact) mass is 353 g/mol. The van der Waals surface area contributed by atoms with Gasteiger partial charge in [-0.15, -0.1) is 0 Å². The Morgan fingerprint density at radius 3 is 2.85 bits per heavy atom. The first-order valence-electron chi connectivity index (χ1n) is 8.32. The molecule has 1 N–H and O–H groups in total. The maximum Gasteiger partial charge on any atom is 0.241 e. The van der Waals surface area contributed by atoms with Crippen LogP contribution in [0, 0.1) is 0 Å². The minimum absolute atomic E-state index is 0.0861. The van der Waals surface area contributed by atoms with Gasteiger partial charge in [-0.25, -0.2) is 0 Å². The molecule has 2 heterocycles. The van der Waals surface area contributed by atoms with Gasteiger partial charge in [-0.05, 0) is 49.9 Å². The Morgan fingerprint density at radius 1 is 1.15 bits per heavy atom. The zero-order chi connectivity index (χ0) is 18.1. The molecule has 0 bridgehead atoms. The molecule has 1 atom stereocenters. The van der Waals surface area contributed by atoms with Crippen LogP contribution in [0.2, 0.25) is 0 Å². The van der Waals surface area contributed by atoms with Gasteiger partial charge in [0.2, 0.25) is 18.5 Å².